The average molecular weight is 389 g/mol. The smallest absolute Gasteiger partial charge is 0.245 e. The fraction of sp³-hybridized carbons (Fsp3) is 0.286. The van der Waals surface area contributed by atoms with Gasteiger partial charge in [-0.3, -0.25) is 0 Å². The molecule has 0 saturated carbocycles. The summed E-state index contributed by atoms with van der Waals surface area (Å²) in [5, 5.41) is 12.7. The minimum absolute atomic E-state index is 0.0235. The maximum Gasteiger partial charge on any atom is 0.245 e. The molecule has 24 heavy (non-hydrogen) atoms. The van der Waals surface area contributed by atoms with Crippen LogP contribution in [0.15, 0.2) is 29.3 Å². The number of halogens is 2. The number of aromatic nitrogens is 2. The third-order valence-electron chi connectivity index (χ3n) is 3.62. The van der Waals surface area contributed by atoms with Crippen molar-refractivity contribution < 1.29 is 13.5 Å². The molecule has 3 rings (SSSR count). The van der Waals surface area contributed by atoms with Crippen LogP contribution in [-0.4, -0.2) is 40.9 Å². The van der Waals surface area contributed by atoms with Crippen LogP contribution >= 0.6 is 23.2 Å². The van der Waals surface area contributed by atoms with Gasteiger partial charge in [0, 0.05) is 19.2 Å². The summed E-state index contributed by atoms with van der Waals surface area (Å²) in [5.74, 6) is 0.0327. The van der Waals surface area contributed by atoms with Gasteiger partial charge in [-0.15, -0.1) is 0 Å². The molecule has 1 aromatic heterocycles. The van der Waals surface area contributed by atoms with Crippen LogP contribution in [0.25, 0.3) is 0 Å². The zero-order valence-electron chi connectivity index (χ0n) is 12.4. The molecule has 0 atom stereocenters. The van der Waals surface area contributed by atoms with E-state index in [4.69, 9.17) is 23.2 Å². The fourth-order valence-electron chi connectivity index (χ4n) is 2.46. The first-order chi connectivity index (χ1) is 11.4. The van der Waals surface area contributed by atoms with Gasteiger partial charge in [-0.05, 0) is 36.6 Å². The van der Waals surface area contributed by atoms with E-state index in [2.05, 4.69) is 15.3 Å². The molecule has 1 saturated heterocycles. The van der Waals surface area contributed by atoms with Crippen molar-refractivity contribution in [2.45, 2.75) is 17.7 Å². The van der Waals surface area contributed by atoms with Crippen molar-refractivity contribution in [1.82, 2.24) is 14.3 Å². The lowest BCUT2D eigenvalue weighted by Gasteiger charge is -2.19. The summed E-state index contributed by atoms with van der Waals surface area (Å²) in [6, 6.07) is 4.03. The van der Waals surface area contributed by atoms with Gasteiger partial charge in [0.2, 0.25) is 15.3 Å². The van der Waals surface area contributed by atoms with E-state index in [0.717, 1.165) is 12.8 Å². The number of phenols is 1. The number of aromatic hydroxyl groups is 1. The summed E-state index contributed by atoms with van der Waals surface area (Å²) < 4.78 is 27.1. The number of rotatable bonds is 4. The molecular weight excluding hydrogens is 375 g/mol. The number of hydrogen-bond acceptors (Lipinski definition) is 6. The second-order valence-corrected chi connectivity index (χ2v) is 7.90. The normalized spacial score (nSPS) is 15.6. The molecule has 0 amide bonds. The number of nitrogens with zero attached hydrogens (tertiary/aromatic N) is 3. The van der Waals surface area contributed by atoms with Gasteiger partial charge in [-0.2, -0.15) is 9.29 Å². The Hall–Kier alpha value is -1.61. The van der Waals surface area contributed by atoms with Crippen molar-refractivity contribution in [3.05, 3.63) is 34.7 Å². The van der Waals surface area contributed by atoms with Gasteiger partial charge in [0.05, 0.1) is 11.9 Å². The lowest BCUT2D eigenvalue weighted by Crippen LogP contribution is -2.28. The molecule has 1 aromatic carbocycles. The first-order valence-electron chi connectivity index (χ1n) is 7.16. The number of benzene rings is 1. The predicted molar refractivity (Wildman–Crippen MR) is 91.4 cm³/mol. The number of hydrogen-bond donors (Lipinski definition) is 2. The number of sulfonamides is 1. The van der Waals surface area contributed by atoms with Crippen molar-refractivity contribution in [1.29, 1.82) is 0 Å². The maximum atomic E-state index is 12.8. The Bertz CT molecular complexity index is 870. The lowest BCUT2D eigenvalue weighted by molar-refractivity contribution is 0.466. The second kappa shape index (κ2) is 6.72. The van der Waals surface area contributed by atoms with Gasteiger partial charge >= 0.3 is 0 Å². The summed E-state index contributed by atoms with van der Waals surface area (Å²) in [5.41, 5.74) is 0.247. The Labute approximate surface area is 149 Å². The minimum Gasteiger partial charge on any atom is -0.508 e. The highest BCUT2D eigenvalue weighted by Gasteiger charge is 2.30. The van der Waals surface area contributed by atoms with E-state index in [1.807, 2.05) is 0 Å². The lowest BCUT2D eigenvalue weighted by atomic mass is 10.3. The van der Waals surface area contributed by atoms with Crippen LogP contribution in [0.3, 0.4) is 0 Å². The van der Waals surface area contributed by atoms with E-state index < -0.39 is 10.0 Å². The van der Waals surface area contributed by atoms with E-state index in [0.29, 0.717) is 13.1 Å². The van der Waals surface area contributed by atoms with Gasteiger partial charge < -0.3 is 10.4 Å². The van der Waals surface area contributed by atoms with Crippen molar-refractivity contribution in [2.24, 2.45) is 0 Å². The highest BCUT2D eigenvalue weighted by molar-refractivity contribution is 7.89. The van der Waals surface area contributed by atoms with E-state index in [-0.39, 0.29) is 32.5 Å². The maximum absolute atomic E-state index is 12.8. The third kappa shape index (κ3) is 3.41. The first-order valence-corrected chi connectivity index (χ1v) is 9.36. The molecule has 2 heterocycles. The number of anilines is 2. The Morgan fingerprint density at radius 1 is 1.21 bits per heavy atom. The molecule has 0 unspecified atom stereocenters. The summed E-state index contributed by atoms with van der Waals surface area (Å²) >= 11 is 11.8. The predicted octanol–water partition coefficient (Wildman–Crippen LogP) is 3.02. The molecule has 2 N–H and O–H groups in total. The van der Waals surface area contributed by atoms with Gasteiger partial charge in [-0.25, -0.2) is 13.4 Å². The molecule has 1 aliphatic rings. The standard InChI is InChI=1S/C14H14Cl2N4O3S/c15-10-8-17-14(16)19-13(10)18-11-4-3-9(21)7-12(11)24(22,23)20-5-1-2-6-20/h3-4,7-8,21H,1-2,5-6H2,(H,17,18,19). The molecule has 0 radical (unpaired) electrons. The van der Waals surface area contributed by atoms with E-state index in [1.165, 1.54) is 28.7 Å². The summed E-state index contributed by atoms with van der Waals surface area (Å²) in [4.78, 5) is 7.65. The average Bonchev–Trinajstić information content (AvgIpc) is 3.07. The van der Waals surface area contributed by atoms with Gasteiger partial charge in [0.25, 0.3) is 0 Å². The molecule has 0 bridgehead atoms. The quantitative estimate of drug-likeness (QED) is 0.617. The van der Waals surface area contributed by atoms with Crippen molar-refractivity contribution in [3.63, 3.8) is 0 Å². The van der Waals surface area contributed by atoms with Crippen LogP contribution in [-0.2, 0) is 10.0 Å². The molecule has 2 aromatic rings. The Morgan fingerprint density at radius 3 is 2.62 bits per heavy atom. The molecule has 128 valence electrons. The van der Waals surface area contributed by atoms with Crippen LogP contribution in [0, 0.1) is 0 Å². The zero-order chi connectivity index (χ0) is 17.3. The highest BCUT2D eigenvalue weighted by Crippen LogP contribution is 2.33. The van der Waals surface area contributed by atoms with Crippen molar-refractivity contribution in [2.75, 3.05) is 18.4 Å². The van der Waals surface area contributed by atoms with Crippen LogP contribution < -0.4 is 5.32 Å². The van der Waals surface area contributed by atoms with Crippen LogP contribution in [0.5, 0.6) is 5.75 Å². The van der Waals surface area contributed by atoms with E-state index in [1.54, 1.807) is 0 Å². The SMILES string of the molecule is O=S(=O)(c1cc(O)ccc1Nc1nc(Cl)ncc1Cl)N1CCCC1. The molecule has 0 spiro atoms. The fourth-order valence-corrected chi connectivity index (χ4v) is 4.41. The summed E-state index contributed by atoms with van der Waals surface area (Å²) in [6.45, 7) is 0.912. The molecule has 10 heteroatoms. The first kappa shape index (κ1) is 17.2. The number of phenolic OH excluding ortho intramolecular Hbond substituents is 1. The van der Waals surface area contributed by atoms with Gasteiger partial charge in [-0.1, -0.05) is 11.6 Å². The van der Waals surface area contributed by atoms with Gasteiger partial charge in [0.15, 0.2) is 5.82 Å². The number of nitrogens with one attached hydrogen (secondary N) is 1. The molecule has 7 nitrogen and oxygen atoms in total. The largest absolute Gasteiger partial charge is 0.508 e. The molecule has 0 aliphatic carbocycles. The minimum atomic E-state index is -3.74. The van der Waals surface area contributed by atoms with Crippen LogP contribution in [0.4, 0.5) is 11.5 Å². The second-order valence-electron chi connectivity index (χ2n) is 5.25. The summed E-state index contributed by atoms with van der Waals surface area (Å²) in [6.07, 6.45) is 2.94. The van der Waals surface area contributed by atoms with E-state index >= 15 is 0 Å². The van der Waals surface area contributed by atoms with Crippen molar-refractivity contribution in [3.8, 4) is 5.75 Å². The molecular formula is C14H14Cl2N4O3S. The molecule has 1 fully saturated rings. The zero-order valence-corrected chi connectivity index (χ0v) is 14.7. The molecule has 1 aliphatic heterocycles. The summed E-state index contributed by atoms with van der Waals surface area (Å²) in [7, 11) is -3.74. The topological polar surface area (TPSA) is 95.4 Å². The highest BCUT2D eigenvalue weighted by atomic mass is 35.5. The van der Waals surface area contributed by atoms with Crippen LogP contribution in [0.2, 0.25) is 10.3 Å². The monoisotopic (exact) mass is 388 g/mol. The van der Waals surface area contributed by atoms with Crippen LogP contribution in [0.1, 0.15) is 12.8 Å². The third-order valence-corrected chi connectivity index (χ3v) is 6.01. The Balaban J connectivity index is 2.04. The Kier molecular flexibility index (Phi) is 4.82. The van der Waals surface area contributed by atoms with E-state index in [9.17, 15) is 13.5 Å². The van der Waals surface area contributed by atoms with Crippen molar-refractivity contribution >= 4 is 44.7 Å². The Morgan fingerprint density at radius 2 is 1.92 bits per heavy atom. The van der Waals surface area contributed by atoms with Gasteiger partial charge in [0.1, 0.15) is 15.7 Å².